The van der Waals surface area contributed by atoms with Crippen LogP contribution in [0.1, 0.15) is 5.56 Å². The Kier molecular flexibility index (Phi) is 2.52. The highest BCUT2D eigenvalue weighted by Gasteiger charge is 2.20. The van der Waals surface area contributed by atoms with E-state index in [9.17, 15) is 8.42 Å². The first-order valence-corrected chi connectivity index (χ1v) is 6.47. The maximum absolute atomic E-state index is 11.3. The van der Waals surface area contributed by atoms with Gasteiger partial charge in [-0.25, -0.2) is 8.42 Å². The lowest BCUT2D eigenvalue weighted by molar-refractivity contribution is 0.414. The molecule has 3 nitrogen and oxygen atoms in total. The van der Waals surface area contributed by atoms with Gasteiger partial charge >= 0.3 is 0 Å². The maximum Gasteiger partial charge on any atom is 0.158 e. The Hall–Kier alpha value is -1.29. The van der Waals surface area contributed by atoms with Crippen molar-refractivity contribution in [2.45, 2.75) is 0 Å². The van der Waals surface area contributed by atoms with Crippen LogP contribution in [0.3, 0.4) is 0 Å². The number of rotatable bonds is 2. The molecule has 0 saturated carbocycles. The molecule has 1 aliphatic heterocycles. The molecular weight excluding hydrogens is 212 g/mol. The van der Waals surface area contributed by atoms with Crippen molar-refractivity contribution in [3.8, 4) is 5.75 Å². The molecule has 0 fully saturated rings. The molecule has 1 aromatic carbocycles. The SMILES string of the molecule is COc1cccc(C2=CCS(=O)(=O)C2)c1. The summed E-state index contributed by atoms with van der Waals surface area (Å²) in [6.07, 6.45) is 1.77. The molecule has 1 aromatic rings. The first-order chi connectivity index (χ1) is 7.11. The number of hydrogen-bond acceptors (Lipinski definition) is 3. The average molecular weight is 224 g/mol. The molecule has 1 heterocycles. The highest BCUT2D eigenvalue weighted by atomic mass is 32.2. The van der Waals surface area contributed by atoms with Crippen LogP contribution < -0.4 is 4.74 Å². The van der Waals surface area contributed by atoms with Crippen molar-refractivity contribution in [2.24, 2.45) is 0 Å². The molecule has 0 unspecified atom stereocenters. The van der Waals surface area contributed by atoms with E-state index in [-0.39, 0.29) is 11.5 Å². The Morgan fingerprint density at radius 1 is 1.33 bits per heavy atom. The lowest BCUT2D eigenvalue weighted by atomic mass is 10.1. The molecule has 4 heteroatoms. The van der Waals surface area contributed by atoms with E-state index in [1.165, 1.54) is 0 Å². The number of benzene rings is 1. The van der Waals surface area contributed by atoms with E-state index < -0.39 is 9.84 Å². The molecule has 80 valence electrons. The van der Waals surface area contributed by atoms with Gasteiger partial charge in [0.25, 0.3) is 0 Å². The summed E-state index contributed by atoms with van der Waals surface area (Å²) in [5.41, 5.74) is 1.80. The number of sulfone groups is 1. The van der Waals surface area contributed by atoms with Gasteiger partial charge in [0.15, 0.2) is 9.84 Å². The van der Waals surface area contributed by atoms with E-state index in [0.29, 0.717) is 0 Å². The normalized spacial score (nSPS) is 18.6. The van der Waals surface area contributed by atoms with Crippen LogP contribution in [0.5, 0.6) is 5.75 Å². The third-order valence-corrected chi connectivity index (χ3v) is 3.82. The average Bonchev–Trinajstić information content (AvgIpc) is 2.59. The molecule has 0 aromatic heterocycles. The van der Waals surface area contributed by atoms with E-state index in [2.05, 4.69) is 0 Å². The van der Waals surface area contributed by atoms with Gasteiger partial charge in [-0.05, 0) is 23.3 Å². The molecule has 0 saturated heterocycles. The van der Waals surface area contributed by atoms with E-state index in [4.69, 9.17) is 4.74 Å². The van der Waals surface area contributed by atoms with Gasteiger partial charge in [-0.3, -0.25) is 0 Å². The van der Waals surface area contributed by atoms with Crippen LogP contribution in [0.25, 0.3) is 5.57 Å². The maximum atomic E-state index is 11.3. The van der Waals surface area contributed by atoms with Crippen molar-refractivity contribution in [1.82, 2.24) is 0 Å². The van der Waals surface area contributed by atoms with E-state index >= 15 is 0 Å². The summed E-state index contributed by atoms with van der Waals surface area (Å²) in [5.74, 6) is 1.04. The standard InChI is InChI=1S/C11H12O3S/c1-14-11-4-2-3-9(7-11)10-5-6-15(12,13)8-10/h2-5,7H,6,8H2,1H3. The lowest BCUT2D eigenvalue weighted by Gasteiger charge is -2.04. The zero-order valence-electron chi connectivity index (χ0n) is 8.43. The minimum atomic E-state index is -2.90. The second-order valence-corrected chi connectivity index (χ2v) is 5.63. The molecule has 0 bridgehead atoms. The molecular formula is C11H12O3S. The van der Waals surface area contributed by atoms with Crippen molar-refractivity contribution in [1.29, 1.82) is 0 Å². The summed E-state index contributed by atoms with van der Waals surface area (Å²) in [6, 6.07) is 7.45. The predicted octanol–water partition coefficient (Wildman–Crippen LogP) is 1.51. The van der Waals surface area contributed by atoms with Crippen LogP contribution in [-0.2, 0) is 9.84 Å². The Morgan fingerprint density at radius 3 is 2.73 bits per heavy atom. The van der Waals surface area contributed by atoms with Crippen LogP contribution >= 0.6 is 0 Å². The third-order valence-electron chi connectivity index (χ3n) is 2.40. The molecule has 0 aliphatic carbocycles. The van der Waals surface area contributed by atoms with Crippen LogP contribution in [0.4, 0.5) is 0 Å². The van der Waals surface area contributed by atoms with Crippen LogP contribution in [-0.4, -0.2) is 27.0 Å². The summed E-state index contributed by atoms with van der Waals surface area (Å²) < 4.78 is 27.7. The molecule has 0 N–H and O–H groups in total. The number of ether oxygens (including phenoxy) is 1. The van der Waals surface area contributed by atoms with Crippen molar-refractivity contribution >= 4 is 15.4 Å². The van der Waals surface area contributed by atoms with Gasteiger partial charge in [0, 0.05) is 0 Å². The molecule has 1 aliphatic rings. The highest BCUT2D eigenvalue weighted by molar-refractivity contribution is 7.92. The summed E-state index contributed by atoms with van der Waals surface area (Å²) in [4.78, 5) is 0. The van der Waals surface area contributed by atoms with Gasteiger partial charge in [0.05, 0.1) is 18.6 Å². The molecule has 0 amide bonds. The summed E-state index contributed by atoms with van der Waals surface area (Å²) >= 11 is 0. The summed E-state index contributed by atoms with van der Waals surface area (Å²) in [6.45, 7) is 0. The van der Waals surface area contributed by atoms with E-state index in [0.717, 1.165) is 16.9 Å². The zero-order chi connectivity index (χ0) is 10.9. The minimum absolute atomic E-state index is 0.139. The van der Waals surface area contributed by atoms with Crippen LogP contribution in [0.15, 0.2) is 30.3 Å². The largest absolute Gasteiger partial charge is 0.497 e. The summed E-state index contributed by atoms with van der Waals surface area (Å²) in [7, 11) is -1.30. The van der Waals surface area contributed by atoms with E-state index in [1.54, 1.807) is 13.2 Å². The fourth-order valence-electron chi connectivity index (χ4n) is 1.61. The van der Waals surface area contributed by atoms with Gasteiger partial charge in [0.1, 0.15) is 5.75 Å². The Bertz CT molecular complexity index is 500. The fourth-order valence-corrected chi connectivity index (χ4v) is 2.94. The molecule has 15 heavy (non-hydrogen) atoms. The highest BCUT2D eigenvalue weighted by Crippen LogP contribution is 2.25. The van der Waals surface area contributed by atoms with E-state index in [1.807, 2.05) is 24.3 Å². The van der Waals surface area contributed by atoms with Crippen molar-refractivity contribution in [2.75, 3.05) is 18.6 Å². The number of hydrogen-bond donors (Lipinski definition) is 0. The second-order valence-electron chi connectivity index (χ2n) is 3.52. The molecule has 0 radical (unpaired) electrons. The molecule has 0 spiro atoms. The quantitative estimate of drug-likeness (QED) is 0.764. The Labute approximate surface area is 89.3 Å². The third kappa shape index (κ3) is 2.21. The monoisotopic (exact) mass is 224 g/mol. The van der Waals surface area contributed by atoms with Crippen LogP contribution in [0, 0.1) is 0 Å². The Balaban J connectivity index is 2.32. The fraction of sp³-hybridized carbons (Fsp3) is 0.273. The van der Waals surface area contributed by atoms with Crippen molar-refractivity contribution < 1.29 is 13.2 Å². The van der Waals surface area contributed by atoms with Crippen molar-refractivity contribution in [3.63, 3.8) is 0 Å². The zero-order valence-corrected chi connectivity index (χ0v) is 9.25. The van der Waals surface area contributed by atoms with Gasteiger partial charge < -0.3 is 4.74 Å². The van der Waals surface area contributed by atoms with Crippen LogP contribution in [0.2, 0.25) is 0 Å². The first kappa shape index (κ1) is 10.2. The molecule has 2 rings (SSSR count). The van der Waals surface area contributed by atoms with Gasteiger partial charge in [-0.15, -0.1) is 0 Å². The predicted molar refractivity (Wildman–Crippen MR) is 59.6 cm³/mol. The minimum Gasteiger partial charge on any atom is -0.497 e. The van der Waals surface area contributed by atoms with Gasteiger partial charge in [-0.2, -0.15) is 0 Å². The second kappa shape index (κ2) is 3.70. The lowest BCUT2D eigenvalue weighted by Crippen LogP contribution is -2.02. The number of methoxy groups -OCH3 is 1. The van der Waals surface area contributed by atoms with Crippen molar-refractivity contribution in [3.05, 3.63) is 35.9 Å². The van der Waals surface area contributed by atoms with Gasteiger partial charge in [-0.1, -0.05) is 18.2 Å². The molecule has 0 atom stereocenters. The first-order valence-electron chi connectivity index (χ1n) is 4.64. The summed E-state index contributed by atoms with van der Waals surface area (Å²) in [5, 5.41) is 0. The smallest absolute Gasteiger partial charge is 0.158 e. The topological polar surface area (TPSA) is 43.4 Å². The van der Waals surface area contributed by atoms with Gasteiger partial charge in [0.2, 0.25) is 0 Å². The Morgan fingerprint density at radius 2 is 2.13 bits per heavy atom.